The molecule has 0 aromatic rings. The van der Waals surface area contributed by atoms with E-state index in [0.717, 1.165) is 10.8 Å². The standard InChI is InChI=1S/C7H16S5/c8-3-1-2-4-10-6-12-7-11-5-9/h8-9H,1-7H2. The summed E-state index contributed by atoms with van der Waals surface area (Å²) in [6, 6.07) is 0. The van der Waals surface area contributed by atoms with Crippen molar-refractivity contribution in [1.29, 1.82) is 0 Å². The Labute approximate surface area is 99.6 Å². The second-order valence-corrected chi connectivity index (χ2v) is 7.11. The molecule has 0 aromatic carbocycles. The molecule has 0 fully saturated rings. The highest BCUT2D eigenvalue weighted by Gasteiger charge is 1.90. The molecule has 0 amide bonds. The van der Waals surface area contributed by atoms with Crippen LogP contribution in [0.15, 0.2) is 0 Å². The van der Waals surface area contributed by atoms with Gasteiger partial charge < -0.3 is 0 Å². The highest BCUT2D eigenvalue weighted by molar-refractivity contribution is 8.24. The van der Waals surface area contributed by atoms with Crippen molar-refractivity contribution in [2.45, 2.75) is 12.8 Å². The van der Waals surface area contributed by atoms with E-state index >= 15 is 0 Å². The molecule has 0 bridgehead atoms. The molecule has 0 radical (unpaired) electrons. The van der Waals surface area contributed by atoms with Gasteiger partial charge >= 0.3 is 0 Å². The molecule has 0 saturated carbocycles. The molecule has 0 N–H and O–H groups in total. The molecule has 12 heavy (non-hydrogen) atoms. The molecule has 0 unspecified atom stereocenters. The maximum absolute atomic E-state index is 4.17. The topological polar surface area (TPSA) is 0 Å². The van der Waals surface area contributed by atoms with Gasteiger partial charge in [0.15, 0.2) is 0 Å². The van der Waals surface area contributed by atoms with Crippen molar-refractivity contribution >= 4 is 60.5 Å². The molecular weight excluding hydrogens is 244 g/mol. The minimum Gasteiger partial charge on any atom is -0.179 e. The third kappa shape index (κ3) is 11.8. The SMILES string of the molecule is SCCCCSCSCSCS. The monoisotopic (exact) mass is 260 g/mol. The van der Waals surface area contributed by atoms with Crippen molar-refractivity contribution in [3.8, 4) is 0 Å². The molecule has 0 aromatic heterocycles. The Bertz CT molecular complexity index is 68.2. The van der Waals surface area contributed by atoms with Crippen molar-refractivity contribution in [3.05, 3.63) is 0 Å². The zero-order valence-electron chi connectivity index (χ0n) is 7.07. The first-order valence-corrected chi connectivity index (χ1v) is 8.59. The number of thioether (sulfide) groups is 3. The summed E-state index contributed by atoms with van der Waals surface area (Å²) in [5, 5.41) is 3.35. The summed E-state index contributed by atoms with van der Waals surface area (Å²) in [4.78, 5) is 0. The lowest BCUT2D eigenvalue weighted by molar-refractivity contribution is 0.911. The fraction of sp³-hybridized carbons (Fsp3) is 1.00. The third-order valence-electron chi connectivity index (χ3n) is 1.12. The van der Waals surface area contributed by atoms with Crippen LogP contribution in [0.4, 0.5) is 0 Å². The predicted molar refractivity (Wildman–Crippen MR) is 74.3 cm³/mol. The largest absolute Gasteiger partial charge is 0.179 e. The van der Waals surface area contributed by atoms with Crippen LogP contribution >= 0.6 is 60.5 Å². The Kier molecular flexibility index (Phi) is 14.6. The van der Waals surface area contributed by atoms with E-state index in [1.54, 1.807) is 0 Å². The van der Waals surface area contributed by atoms with Crippen molar-refractivity contribution in [2.75, 3.05) is 26.8 Å². The Morgan fingerprint density at radius 2 is 1.58 bits per heavy atom. The molecule has 5 heteroatoms. The van der Waals surface area contributed by atoms with Crippen molar-refractivity contribution in [2.24, 2.45) is 0 Å². The van der Waals surface area contributed by atoms with Gasteiger partial charge in [-0.05, 0) is 24.3 Å². The Morgan fingerprint density at radius 3 is 2.25 bits per heavy atom. The van der Waals surface area contributed by atoms with Crippen LogP contribution in [-0.4, -0.2) is 26.8 Å². The quantitative estimate of drug-likeness (QED) is 0.369. The first-order valence-electron chi connectivity index (χ1n) is 3.86. The normalized spacial score (nSPS) is 10.5. The summed E-state index contributed by atoms with van der Waals surface area (Å²) in [6.45, 7) is 0. The highest BCUT2D eigenvalue weighted by Crippen LogP contribution is 2.18. The van der Waals surface area contributed by atoms with Crippen LogP contribution in [-0.2, 0) is 0 Å². The van der Waals surface area contributed by atoms with Crippen molar-refractivity contribution < 1.29 is 0 Å². The minimum absolute atomic E-state index is 0.942. The first kappa shape index (κ1) is 13.8. The van der Waals surface area contributed by atoms with Crippen LogP contribution in [0.1, 0.15) is 12.8 Å². The van der Waals surface area contributed by atoms with Gasteiger partial charge in [0.2, 0.25) is 0 Å². The van der Waals surface area contributed by atoms with E-state index in [0.29, 0.717) is 0 Å². The van der Waals surface area contributed by atoms with Gasteiger partial charge in [-0.25, -0.2) is 0 Å². The van der Waals surface area contributed by atoms with Crippen molar-refractivity contribution in [3.63, 3.8) is 0 Å². The van der Waals surface area contributed by atoms with Crippen LogP contribution in [0.5, 0.6) is 0 Å². The van der Waals surface area contributed by atoms with Gasteiger partial charge in [0, 0.05) is 15.3 Å². The third-order valence-corrected chi connectivity index (χ3v) is 5.41. The molecule has 0 aliphatic carbocycles. The molecule has 0 spiro atoms. The Hall–Kier alpha value is 1.75. The molecule has 74 valence electrons. The lowest BCUT2D eigenvalue weighted by atomic mass is 10.4. The van der Waals surface area contributed by atoms with Crippen molar-refractivity contribution in [1.82, 2.24) is 0 Å². The summed E-state index contributed by atoms with van der Waals surface area (Å²) >= 11 is 14.2. The van der Waals surface area contributed by atoms with E-state index in [9.17, 15) is 0 Å². The number of rotatable bonds is 9. The zero-order chi connectivity index (χ0) is 9.07. The van der Waals surface area contributed by atoms with Gasteiger partial charge in [0.05, 0.1) is 0 Å². The average Bonchev–Trinajstić information content (AvgIpc) is 2.10. The summed E-state index contributed by atoms with van der Waals surface area (Å²) < 4.78 is 0. The Balaban J connectivity index is 2.73. The highest BCUT2D eigenvalue weighted by atomic mass is 32.2. The maximum Gasteiger partial charge on any atom is 0.0408 e. The molecule has 0 aliphatic heterocycles. The predicted octanol–water partition coefficient (Wildman–Crippen LogP) is 3.70. The van der Waals surface area contributed by atoms with Gasteiger partial charge in [-0.15, -0.1) is 23.5 Å². The van der Waals surface area contributed by atoms with E-state index in [1.165, 1.54) is 28.8 Å². The lowest BCUT2D eigenvalue weighted by Crippen LogP contribution is -1.82. The van der Waals surface area contributed by atoms with E-state index in [4.69, 9.17) is 0 Å². The van der Waals surface area contributed by atoms with Crippen LogP contribution in [0, 0.1) is 0 Å². The smallest absolute Gasteiger partial charge is 0.0408 e. The number of thiol groups is 2. The summed E-state index contributed by atoms with van der Waals surface area (Å²) in [5.74, 6) is 2.32. The van der Waals surface area contributed by atoms with Gasteiger partial charge in [0.1, 0.15) is 0 Å². The first-order chi connectivity index (χ1) is 5.91. The van der Waals surface area contributed by atoms with Crippen LogP contribution in [0.3, 0.4) is 0 Å². The maximum atomic E-state index is 4.17. The fourth-order valence-corrected chi connectivity index (χ4v) is 4.46. The van der Waals surface area contributed by atoms with Gasteiger partial charge in [-0.3, -0.25) is 0 Å². The second kappa shape index (κ2) is 12.8. The number of hydrogen-bond acceptors (Lipinski definition) is 5. The second-order valence-electron chi connectivity index (χ2n) is 2.11. The number of unbranched alkanes of at least 4 members (excludes halogenated alkanes) is 1. The molecule has 0 rings (SSSR count). The van der Waals surface area contributed by atoms with E-state index < -0.39 is 0 Å². The minimum atomic E-state index is 0.942. The van der Waals surface area contributed by atoms with E-state index in [-0.39, 0.29) is 0 Å². The number of hydrogen-bond donors (Lipinski definition) is 2. The summed E-state index contributed by atoms with van der Waals surface area (Å²) in [5.41, 5.74) is 0. The molecule has 0 saturated heterocycles. The van der Waals surface area contributed by atoms with Crippen LogP contribution < -0.4 is 0 Å². The van der Waals surface area contributed by atoms with E-state index in [2.05, 4.69) is 25.3 Å². The zero-order valence-corrected chi connectivity index (χ0v) is 11.3. The fourth-order valence-electron chi connectivity index (χ4n) is 0.564. The summed E-state index contributed by atoms with van der Waals surface area (Å²) in [7, 11) is 0. The molecular formula is C7H16S5. The average molecular weight is 261 g/mol. The molecule has 0 aliphatic rings. The van der Waals surface area contributed by atoms with E-state index in [1.807, 2.05) is 35.3 Å². The Morgan fingerprint density at radius 1 is 0.833 bits per heavy atom. The molecule has 0 nitrogen and oxygen atoms in total. The van der Waals surface area contributed by atoms with Gasteiger partial charge in [0.25, 0.3) is 0 Å². The molecule has 0 atom stereocenters. The van der Waals surface area contributed by atoms with Crippen LogP contribution in [0.25, 0.3) is 0 Å². The van der Waals surface area contributed by atoms with Crippen LogP contribution in [0.2, 0.25) is 0 Å². The molecule has 0 heterocycles. The summed E-state index contributed by atoms with van der Waals surface area (Å²) in [6.07, 6.45) is 2.57. The van der Waals surface area contributed by atoms with Gasteiger partial charge in [-0.1, -0.05) is 0 Å². The van der Waals surface area contributed by atoms with Gasteiger partial charge in [-0.2, -0.15) is 37.0 Å². The lowest BCUT2D eigenvalue weighted by Gasteiger charge is -1.99.